The number of hydrogen-bond acceptors (Lipinski definition) is 9. The fraction of sp³-hybridized carbons (Fsp3) is 0.514. The lowest BCUT2D eigenvalue weighted by molar-refractivity contribution is -0.126. The van der Waals surface area contributed by atoms with Gasteiger partial charge in [0.15, 0.2) is 0 Å². The standard InChI is InChI=1S/C37H46F3N9OS/c1-25-26(23-48-15-10-28(11-16-48)45-35-32-20-30(21-37(38,39)40)51-36(32)43-24-42-35)6-7-33-31(25)19-29(22-41)49(33)18-17-47-13-8-27(9-14-47)44-34(50)5-4-12-46(2)3/h4-7,19-20,24,27-28H,8-18,21,23H2,1-3H3,(H,44,50)(H,42,43,45)/b5-4+. The van der Waals surface area contributed by atoms with Gasteiger partial charge in [0, 0.05) is 86.3 Å². The van der Waals surface area contributed by atoms with Gasteiger partial charge in [-0.2, -0.15) is 18.4 Å². The van der Waals surface area contributed by atoms with Crippen LogP contribution in [-0.4, -0.2) is 107 Å². The molecule has 0 atom stereocenters. The number of carbonyl (C=O) groups excluding carboxylic acids is 1. The average molecular weight is 722 g/mol. The molecule has 1 aromatic carbocycles. The van der Waals surface area contributed by atoms with E-state index in [2.05, 4.69) is 60.1 Å². The number of nitrogens with one attached hydrogen (secondary N) is 2. The minimum atomic E-state index is -4.26. The van der Waals surface area contributed by atoms with Crippen LogP contribution >= 0.6 is 11.3 Å². The van der Waals surface area contributed by atoms with Gasteiger partial charge in [-0.3, -0.25) is 9.69 Å². The Hall–Kier alpha value is -4.03. The van der Waals surface area contributed by atoms with Gasteiger partial charge < -0.3 is 25.0 Å². The lowest BCUT2D eigenvalue weighted by Gasteiger charge is -2.33. The Morgan fingerprint density at radius 3 is 2.47 bits per heavy atom. The van der Waals surface area contributed by atoms with Crippen LogP contribution in [0.4, 0.5) is 19.0 Å². The van der Waals surface area contributed by atoms with Crippen molar-refractivity contribution >= 4 is 44.2 Å². The second-order valence-electron chi connectivity index (χ2n) is 14.0. The SMILES string of the molecule is Cc1c(CN2CCC(Nc3ncnc4sc(CC(F)(F)F)cc34)CC2)ccc2c1cc(C#N)n2CCN1CCC(NC(=O)/C=C/CN(C)C)CC1. The molecule has 272 valence electrons. The van der Waals surface area contributed by atoms with E-state index in [-0.39, 0.29) is 22.9 Å². The van der Waals surface area contributed by atoms with Gasteiger partial charge in [-0.25, -0.2) is 9.97 Å². The second-order valence-corrected chi connectivity index (χ2v) is 15.1. The number of alkyl halides is 3. The number of piperidine rings is 2. The van der Waals surface area contributed by atoms with Crippen LogP contribution in [0, 0.1) is 18.3 Å². The van der Waals surface area contributed by atoms with E-state index in [0.29, 0.717) is 21.7 Å². The number of carbonyl (C=O) groups is 1. The Morgan fingerprint density at radius 2 is 1.76 bits per heavy atom. The maximum atomic E-state index is 13.0. The summed E-state index contributed by atoms with van der Waals surface area (Å²) in [7, 11) is 3.94. The molecule has 51 heavy (non-hydrogen) atoms. The molecule has 6 rings (SSSR count). The van der Waals surface area contributed by atoms with Crippen molar-refractivity contribution < 1.29 is 18.0 Å². The molecule has 0 bridgehead atoms. The van der Waals surface area contributed by atoms with E-state index in [4.69, 9.17) is 0 Å². The van der Waals surface area contributed by atoms with E-state index >= 15 is 0 Å². The summed E-state index contributed by atoms with van der Waals surface area (Å²) in [6, 6.07) is 10.7. The first kappa shape index (κ1) is 36.8. The normalized spacial score (nSPS) is 17.2. The Labute approximate surface area is 300 Å². The first-order valence-corrected chi connectivity index (χ1v) is 18.4. The number of anilines is 1. The predicted octanol–water partition coefficient (Wildman–Crippen LogP) is 5.71. The molecule has 10 nitrogen and oxygen atoms in total. The lowest BCUT2D eigenvalue weighted by atomic mass is 10.0. The number of hydrogen-bond donors (Lipinski definition) is 2. The minimum absolute atomic E-state index is 0.0336. The monoisotopic (exact) mass is 721 g/mol. The van der Waals surface area contributed by atoms with Crippen molar-refractivity contribution in [3.8, 4) is 6.07 Å². The van der Waals surface area contributed by atoms with Crippen LogP contribution < -0.4 is 10.6 Å². The molecule has 4 aromatic rings. The van der Waals surface area contributed by atoms with Crippen LogP contribution in [-0.2, 0) is 24.3 Å². The fourth-order valence-corrected chi connectivity index (χ4v) is 8.19. The lowest BCUT2D eigenvalue weighted by Crippen LogP contribution is -2.45. The molecule has 0 spiro atoms. The van der Waals surface area contributed by atoms with Gasteiger partial charge in [-0.05, 0) is 76.0 Å². The minimum Gasteiger partial charge on any atom is -0.367 e. The zero-order valence-corrected chi connectivity index (χ0v) is 30.3. The van der Waals surface area contributed by atoms with Crippen molar-refractivity contribution in [3.63, 3.8) is 0 Å². The summed E-state index contributed by atoms with van der Waals surface area (Å²) in [5.74, 6) is 0.563. The summed E-state index contributed by atoms with van der Waals surface area (Å²) < 4.78 is 41.0. The van der Waals surface area contributed by atoms with Crippen molar-refractivity contribution in [2.24, 2.45) is 0 Å². The van der Waals surface area contributed by atoms with E-state index in [1.807, 2.05) is 31.1 Å². The number of rotatable bonds is 12. The summed E-state index contributed by atoms with van der Waals surface area (Å²) in [5, 5.41) is 18.4. The number of benzene rings is 1. The van der Waals surface area contributed by atoms with Crippen LogP contribution in [0.3, 0.4) is 0 Å². The van der Waals surface area contributed by atoms with E-state index in [0.717, 1.165) is 100 Å². The topological polar surface area (TPSA) is 105 Å². The number of amides is 1. The van der Waals surface area contributed by atoms with Crippen molar-refractivity contribution in [3.05, 3.63) is 64.4 Å². The number of likely N-dealkylation sites (N-methyl/N-ethyl adjacent to an activating group) is 1. The maximum Gasteiger partial charge on any atom is 0.393 e. The van der Waals surface area contributed by atoms with Gasteiger partial charge in [0.05, 0.1) is 11.8 Å². The Balaban J connectivity index is 1.01. The van der Waals surface area contributed by atoms with Crippen molar-refractivity contribution in [2.75, 3.05) is 58.7 Å². The van der Waals surface area contributed by atoms with E-state index < -0.39 is 12.6 Å². The quantitative estimate of drug-likeness (QED) is 0.180. The average Bonchev–Trinajstić information content (AvgIpc) is 3.67. The van der Waals surface area contributed by atoms with Crippen LogP contribution in [0.15, 0.2) is 42.7 Å². The number of thiophene rings is 1. The summed E-state index contributed by atoms with van der Waals surface area (Å²) >= 11 is 1.07. The van der Waals surface area contributed by atoms with Gasteiger partial charge in [0.2, 0.25) is 5.91 Å². The summed E-state index contributed by atoms with van der Waals surface area (Å²) in [5.41, 5.74) is 4.17. The highest BCUT2D eigenvalue weighted by Crippen LogP contribution is 2.33. The van der Waals surface area contributed by atoms with Crippen molar-refractivity contribution in [1.82, 2.24) is 34.6 Å². The Kier molecular flexibility index (Phi) is 11.6. The van der Waals surface area contributed by atoms with Gasteiger partial charge in [0.25, 0.3) is 0 Å². The van der Waals surface area contributed by atoms with Crippen molar-refractivity contribution in [1.29, 1.82) is 5.26 Å². The summed E-state index contributed by atoms with van der Waals surface area (Å²) in [6.07, 6.45) is 3.28. The van der Waals surface area contributed by atoms with Crippen molar-refractivity contribution in [2.45, 2.75) is 70.4 Å². The van der Waals surface area contributed by atoms with Gasteiger partial charge >= 0.3 is 6.18 Å². The second kappa shape index (κ2) is 16.1. The highest BCUT2D eigenvalue weighted by Gasteiger charge is 2.29. The molecule has 0 saturated carbocycles. The van der Waals surface area contributed by atoms with Crippen LogP contribution in [0.1, 0.15) is 47.4 Å². The molecule has 1 amide bonds. The van der Waals surface area contributed by atoms with Crippen LogP contribution in [0.2, 0.25) is 0 Å². The highest BCUT2D eigenvalue weighted by atomic mass is 32.1. The molecular formula is C37H46F3N9OS. The number of aryl methyl sites for hydroxylation is 1. The molecule has 2 fully saturated rings. The van der Waals surface area contributed by atoms with E-state index in [9.17, 15) is 23.2 Å². The van der Waals surface area contributed by atoms with E-state index in [1.54, 1.807) is 12.1 Å². The zero-order chi connectivity index (χ0) is 36.1. The van der Waals surface area contributed by atoms with Gasteiger partial charge in [-0.1, -0.05) is 12.1 Å². The van der Waals surface area contributed by atoms with Crippen LogP contribution in [0.5, 0.6) is 0 Å². The molecule has 0 aliphatic carbocycles. The maximum absolute atomic E-state index is 13.0. The highest BCUT2D eigenvalue weighted by molar-refractivity contribution is 7.18. The Morgan fingerprint density at radius 1 is 1.04 bits per heavy atom. The molecule has 2 aliphatic rings. The number of aromatic nitrogens is 3. The molecule has 14 heteroatoms. The molecule has 5 heterocycles. The third-order valence-electron chi connectivity index (χ3n) is 9.97. The largest absolute Gasteiger partial charge is 0.393 e. The number of fused-ring (bicyclic) bond motifs is 2. The first-order valence-electron chi connectivity index (χ1n) is 17.6. The number of nitrogens with zero attached hydrogens (tertiary/aromatic N) is 7. The third-order valence-corrected chi connectivity index (χ3v) is 11.0. The Bertz CT molecular complexity index is 1890. The molecular weight excluding hydrogens is 676 g/mol. The van der Waals surface area contributed by atoms with Crippen LogP contribution in [0.25, 0.3) is 21.1 Å². The summed E-state index contributed by atoms with van der Waals surface area (Å²) in [6.45, 7) is 8.82. The molecule has 0 radical (unpaired) electrons. The fourth-order valence-electron chi connectivity index (χ4n) is 7.16. The van der Waals surface area contributed by atoms with Gasteiger partial charge in [-0.15, -0.1) is 11.3 Å². The molecule has 0 unspecified atom stereocenters. The molecule has 2 N–H and O–H groups in total. The number of halogens is 3. The summed E-state index contributed by atoms with van der Waals surface area (Å²) in [4.78, 5) is 28.5. The smallest absolute Gasteiger partial charge is 0.367 e. The first-order chi connectivity index (χ1) is 24.5. The zero-order valence-electron chi connectivity index (χ0n) is 29.5. The third kappa shape index (κ3) is 9.45. The number of likely N-dealkylation sites (tertiary alicyclic amines) is 2. The number of nitriles is 1. The van der Waals surface area contributed by atoms with Gasteiger partial charge in [0.1, 0.15) is 28.7 Å². The van der Waals surface area contributed by atoms with E-state index in [1.165, 1.54) is 17.5 Å². The molecule has 2 saturated heterocycles. The molecule has 2 aliphatic heterocycles. The molecule has 3 aromatic heterocycles. The predicted molar refractivity (Wildman–Crippen MR) is 196 cm³/mol.